The predicted octanol–water partition coefficient (Wildman–Crippen LogP) is 3.19. The molecule has 0 bridgehead atoms. The van der Waals surface area contributed by atoms with Gasteiger partial charge in [0.15, 0.2) is 0 Å². The maximum atomic E-state index is 5.51. The van der Waals surface area contributed by atoms with Crippen molar-refractivity contribution in [2.24, 2.45) is 5.73 Å². The molecule has 90 valence electrons. The number of nitrogens with zero attached hydrogens (tertiary/aromatic N) is 1. The summed E-state index contributed by atoms with van der Waals surface area (Å²) in [5.74, 6) is 0. The maximum absolute atomic E-state index is 5.51. The molecule has 1 aromatic heterocycles. The molecule has 0 spiro atoms. The molecule has 17 heavy (non-hydrogen) atoms. The number of aryl methyl sites for hydroxylation is 2. The molecule has 2 aromatic rings. The zero-order chi connectivity index (χ0) is 12.1. The van der Waals surface area contributed by atoms with Crippen LogP contribution in [0.15, 0.2) is 34.1 Å². The van der Waals surface area contributed by atoms with Gasteiger partial charge < -0.3 is 5.73 Å². The Labute approximate surface area is 114 Å². The van der Waals surface area contributed by atoms with Crippen molar-refractivity contribution in [1.29, 1.82) is 0 Å². The molecular formula is C13H15BrN2S. The van der Waals surface area contributed by atoms with Gasteiger partial charge in [-0.05, 0) is 30.7 Å². The third-order valence-electron chi connectivity index (χ3n) is 2.54. The van der Waals surface area contributed by atoms with Crippen molar-refractivity contribution in [2.75, 3.05) is 6.54 Å². The fourth-order valence-electron chi connectivity index (χ4n) is 1.63. The van der Waals surface area contributed by atoms with Crippen LogP contribution in [0.25, 0.3) is 0 Å². The largest absolute Gasteiger partial charge is 0.330 e. The number of thiazole rings is 1. The highest BCUT2D eigenvalue weighted by molar-refractivity contribution is 9.10. The second kappa shape index (κ2) is 6.28. The van der Waals surface area contributed by atoms with Crippen LogP contribution in [0.4, 0.5) is 0 Å². The van der Waals surface area contributed by atoms with Crippen molar-refractivity contribution in [3.05, 3.63) is 50.4 Å². The van der Waals surface area contributed by atoms with Crippen LogP contribution >= 0.6 is 27.3 Å². The third-order valence-corrected chi connectivity index (χ3v) is 4.03. The summed E-state index contributed by atoms with van der Waals surface area (Å²) < 4.78 is 1.13. The van der Waals surface area contributed by atoms with Gasteiger partial charge in [0.1, 0.15) is 0 Å². The fraction of sp³-hybridized carbons (Fsp3) is 0.308. The lowest BCUT2D eigenvalue weighted by Gasteiger charge is -1.99. The van der Waals surface area contributed by atoms with E-state index in [2.05, 4.69) is 50.6 Å². The lowest BCUT2D eigenvalue weighted by molar-refractivity contribution is 0.892. The van der Waals surface area contributed by atoms with Crippen LogP contribution in [0.3, 0.4) is 0 Å². The summed E-state index contributed by atoms with van der Waals surface area (Å²) in [4.78, 5) is 4.56. The van der Waals surface area contributed by atoms with E-state index in [1.54, 1.807) is 11.3 Å². The van der Waals surface area contributed by atoms with Gasteiger partial charge in [0.25, 0.3) is 0 Å². The molecule has 1 aromatic carbocycles. The number of hydrogen-bond acceptors (Lipinski definition) is 3. The smallest absolute Gasteiger partial charge is 0.0931 e. The summed E-state index contributed by atoms with van der Waals surface area (Å²) in [7, 11) is 0. The molecule has 0 saturated heterocycles. The van der Waals surface area contributed by atoms with E-state index >= 15 is 0 Å². The quantitative estimate of drug-likeness (QED) is 0.921. The molecule has 0 atom stereocenters. The summed E-state index contributed by atoms with van der Waals surface area (Å²) in [6, 6.07) is 8.46. The molecule has 4 heteroatoms. The van der Waals surface area contributed by atoms with E-state index in [0.717, 1.165) is 29.4 Å². The molecule has 0 aliphatic rings. The summed E-state index contributed by atoms with van der Waals surface area (Å²) in [5, 5.41) is 3.32. The van der Waals surface area contributed by atoms with Gasteiger partial charge in [0.2, 0.25) is 0 Å². The van der Waals surface area contributed by atoms with Crippen molar-refractivity contribution in [2.45, 2.75) is 19.3 Å². The average Bonchev–Trinajstić information content (AvgIpc) is 2.77. The lowest BCUT2D eigenvalue weighted by Crippen LogP contribution is -2.03. The van der Waals surface area contributed by atoms with Gasteiger partial charge in [-0.2, -0.15) is 0 Å². The minimum absolute atomic E-state index is 0.676. The molecule has 0 unspecified atom stereocenters. The van der Waals surface area contributed by atoms with Gasteiger partial charge in [0.05, 0.1) is 10.7 Å². The third kappa shape index (κ3) is 3.91. The minimum atomic E-state index is 0.676. The number of nitrogens with two attached hydrogens (primary N) is 1. The Hall–Kier alpha value is -0.710. The molecule has 0 aliphatic heterocycles. The molecule has 0 saturated carbocycles. The van der Waals surface area contributed by atoms with E-state index in [-0.39, 0.29) is 0 Å². The number of benzene rings is 1. The fourth-order valence-corrected chi connectivity index (χ4v) is 2.73. The van der Waals surface area contributed by atoms with Gasteiger partial charge in [-0.3, -0.25) is 0 Å². The molecule has 2 rings (SSSR count). The van der Waals surface area contributed by atoms with Crippen molar-refractivity contribution >= 4 is 27.3 Å². The average molecular weight is 311 g/mol. The second-order valence-electron chi connectivity index (χ2n) is 3.90. The second-order valence-corrected chi connectivity index (χ2v) is 5.76. The topological polar surface area (TPSA) is 38.9 Å². The van der Waals surface area contributed by atoms with Gasteiger partial charge in [-0.25, -0.2) is 4.98 Å². The first-order valence-electron chi connectivity index (χ1n) is 5.65. The van der Waals surface area contributed by atoms with E-state index in [4.69, 9.17) is 5.73 Å². The van der Waals surface area contributed by atoms with Gasteiger partial charge in [0, 0.05) is 22.7 Å². The van der Waals surface area contributed by atoms with Crippen LogP contribution in [0.5, 0.6) is 0 Å². The number of rotatable bonds is 5. The summed E-state index contributed by atoms with van der Waals surface area (Å²) in [6.07, 6.45) is 2.94. The SMILES string of the molecule is NCCc1csc(CCc2ccc(Br)cc2)n1. The van der Waals surface area contributed by atoms with Crippen molar-refractivity contribution in [3.63, 3.8) is 0 Å². The Balaban J connectivity index is 1.90. The molecule has 2 N–H and O–H groups in total. The molecule has 1 heterocycles. The van der Waals surface area contributed by atoms with Gasteiger partial charge in [-0.1, -0.05) is 28.1 Å². The lowest BCUT2D eigenvalue weighted by atomic mass is 10.1. The predicted molar refractivity (Wildman–Crippen MR) is 76.4 cm³/mol. The number of aromatic nitrogens is 1. The normalized spacial score (nSPS) is 10.7. The molecule has 0 radical (unpaired) electrons. The highest BCUT2D eigenvalue weighted by Gasteiger charge is 2.02. The Morgan fingerprint density at radius 1 is 1.12 bits per heavy atom. The maximum Gasteiger partial charge on any atom is 0.0931 e. The van der Waals surface area contributed by atoms with Crippen LogP contribution < -0.4 is 5.73 Å². The van der Waals surface area contributed by atoms with Gasteiger partial charge in [-0.15, -0.1) is 11.3 Å². The van der Waals surface area contributed by atoms with Crippen LogP contribution in [0.2, 0.25) is 0 Å². The van der Waals surface area contributed by atoms with Crippen LogP contribution in [0.1, 0.15) is 16.3 Å². The van der Waals surface area contributed by atoms with E-state index in [1.165, 1.54) is 10.6 Å². The minimum Gasteiger partial charge on any atom is -0.330 e. The first-order chi connectivity index (χ1) is 8.28. The molecule has 0 amide bonds. The number of halogens is 1. The van der Waals surface area contributed by atoms with Crippen LogP contribution in [-0.2, 0) is 19.3 Å². The summed E-state index contributed by atoms with van der Waals surface area (Å²) in [5.41, 5.74) is 7.99. The van der Waals surface area contributed by atoms with Gasteiger partial charge >= 0.3 is 0 Å². The van der Waals surface area contributed by atoms with Crippen molar-refractivity contribution in [1.82, 2.24) is 4.98 Å². The molecule has 2 nitrogen and oxygen atoms in total. The Bertz CT molecular complexity index is 465. The summed E-state index contributed by atoms with van der Waals surface area (Å²) in [6.45, 7) is 0.676. The molecular weight excluding hydrogens is 296 g/mol. The summed E-state index contributed by atoms with van der Waals surface area (Å²) >= 11 is 5.18. The van der Waals surface area contributed by atoms with Crippen molar-refractivity contribution < 1.29 is 0 Å². The van der Waals surface area contributed by atoms with Crippen molar-refractivity contribution in [3.8, 4) is 0 Å². The van der Waals surface area contributed by atoms with E-state index < -0.39 is 0 Å². The molecule has 0 aliphatic carbocycles. The highest BCUT2D eigenvalue weighted by Crippen LogP contribution is 2.15. The first-order valence-corrected chi connectivity index (χ1v) is 7.33. The monoisotopic (exact) mass is 310 g/mol. The van der Waals surface area contributed by atoms with E-state index in [9.17, 15) is 0 Å². The Morgan fingerprint density at radius 2 is 1.88 bits per heavy atom. The Morgan fingerprint density at radius 3 is 2.59 bits per heavy atom. The zero-order valence-corrected chi connectivity index (χ0v) is 11.9. The number of hydrogen-bond donors (Lipinski definition) is 1. The highest BCUT2D eigenvalue weighted by atomic mass is 79.9. The van der Waals surface area contributed by atoms with E-state index in [0.29, 0.717) is 6.54 Å². The standard InChI is InChI=1S/C13H15BrN2S/c14-11-4-1-10(2-5-11)3-6-13-16-12(7-8-15)9-17-13/h1-2,4-5,9H,3,6-8,15H2. The van der Waals surface area contributed by atoms with Crippen LogP contribution in [0, 0.1) is 0 Å². The Kier molecular flexibility index (Phi) is 4.71. The van der Waals surface area contributed by atoms with E-state index in [1.807, 2.05) is 0 Å². The molecule has 0 fully saturated rings. The first kappa shape index (κ1) is 12.7. The van der Waals surface area contributed by atoms with Crippen LogP contribution in [-0.4, -0.2) is 11.5 Å². The zero-order valence-electron chi connectivity index (χ0n) is 9.53.